The van der Waals surface area contributed by atoms with Gasteiger partial charge in [0, 0.05) is 25.2 Å². The Morgan fingerprint density at radius 2 is 1.94 bits per heavy atom. The summed E-state index contributed by atoms with van der Waals surface area (Å²) in [7, 11) is 3.90. The first kappa shape index (κ1) is 12.5. The van der Waals surface area contributed by atoms with Gasteiger partial charge in [0.15, 0.2) is 0 Å². The molecule has 1 amide bonds. The number of hydrogen-bond acceptors (Lipinski definition) is 3. The molecule has 0 bridgehead atoms. The van der Waals surface area contributed by atoms with Gasteiger partial charge in [-0.05, 0) is 31.8 Å². The number of nitrogen functional groups attached to an aromatic ring is 1. The van der Waals surface area contributed by atoms with E-state index in [0.29, 0.717) is 13.0 Å². The van der Waals surface area contributed by atoms with Crippen LogP contribution in [0, 0.1) is 0 Å². The summed E-state index contributed by atoms with van der Waals surface area (Å²) < 4.78 is 0. The van der Waals surface area contributed by atoms with Gasteiger partial charge in [-0.3, -0.25) is 4.79 Å². The third kappa shape index (κ3) is 4.79. The van der Waals surface area contributed by atoms with Crippen molar-refractivity contribution in [2.45, 2.75) is 13.0 Å². The molecule has 1 aromatic rings. The second kappa shape index (κ2) is 6.12. The number of carbonyl (C=O) groups excluding carboxylic acids is 1. The van der Waals surface area contributed by atoms with Crippen LogP contribution in [0.3, 0.4) is 0 Å². The van der Waals surface area contributed by atoms with E-state index in [1.54, 1.807) is 0 Å². The van der Waals surface area contributed by atoms with Crippen molar-refractivity contribution in [1.29, 1.82) is 0 Å². The molecule has 16 heavy (non-hydrogen) atoms. The lowest BCUT2D eigenvalue weighted by molar-refractivity contribution is -0.121. The molecule has 0 fully saturated rings. The molecule has 88 valence electrons. The summed E-state index contributed by atoms with van der Waals surface area (Å²) in [5, 5.41) is 2.87. The molecular formula is C12H19N3O. The van der Waals surface area contributed by atoms with Crippen molar-refractivity contribution < 1.29 is 4.79 Å². The van der Waals surface area contributed by atoms with Crippen molar-refractivity contribution >= 4 is 11.6 Å². The van der Waals surface area contributed by atoms with Crippen LogP contribution in [-0.2, 0) is 11.3 Å². The Kier molecular flexibility index (Phi) is 4.79. The topological polar surface area (TPSA) is 58.4 Å². The fraction of sp³-hybridized carbons (Fsp3) is 0.417. The van der Waals surface area contributed by atoms with E-state index in [0.717, 1.165) is 17.8 Å². The smallest absolute Gasteiger partial charge is 0.221 e. The molecule has 4 heteroatoms. The molecule has 0 aliphatic carbocycles. The number of anilines is 1. The Balaban J connectivity index is 2.29. The van der Waals surface area contributed by atoms with Crippen molar-refractivity contribution in [2.24, 2.45) is 0 Å². The van der Waals surface area contributed by atoms with E-state index in [2.05, 4.69) is 5.32 Å². The van der Waals surface area contributed by atoms with E-state index >= 15 is 0 Å². The monoisotopic (exact) mass is 221 g/mol. The van der Waals surface area contributed by atoms with Crippen LogP contribution in [-0.4, -0.2) is 31.4 Å². The standard InChI is InChI=1S/C12H19N3O/c1-15(2)8-7-12(16)14-9-10-3-5-11(13)6-4-10/h3-6H,7-9,13H2,1-2H3,(H,14,16). The van der Waals surface area contributed by atoms with Gasteiger partial charge in [0.2, 0.25) is 5.91 Å². The molecule has 0 saturated heterocycles. The van der Waals surface area contributed by atoms with Crippen molar-refractivity contribution in [3.63, 3.8) is 0 Å². The summed E-state index contributed by atoms with van der Waals surface area (Å²) in [6.45, 7) is 1.33. The van der Waals surface area contributed by atoms with E-state index in [9.17, 15) is 4.79 Å². The molecule has 0 atom stereocenters. The maximum atomic E-state index is 11.4. The molecule has 0 radical (unpaired) electrons. The maximum Gasteiger partial charge on any atom is 0.221 e. The summed E-state index contributed by atoms with van der Waals surface area (Å²) in [5.74, 6) is 0.0746. The van der Waals surface area contributed by atoms with Gasteiger partial charge in [0.25, 0.3) is 0 Å². The van der Waals surface area contributed by atoms with Crippen LogP contribution in [0.2, 0.25) is 0 Å². The van der Waals surface area contributed by atoms with Crippen LogP contribution >= 0.6 is 0 Å². The zero-order valence-corrected chi connectivity index (χ0v) is 9.86. The maximum absolute atomic E-state index is 11.4. The van der Waals surface area contributed by atoms with Crippen molar-refractivity contribution in [1.82, 2.24) is 10.2 Å². The molecule has 4 nitrogen and oxygen atoms in total. The molecule has 3 N–H and O–H groups in total. The first-order chi connectivity index (χ1) is 7.58. The molecule has 0 saturated carbocycles. The molecule has 0 unspecified atom stereocenters. The number of rotatable bonds is 5. The van der Waals surface area contributed by atoms with Gasteiger partial charge in [0.05, 0.1) is 0 Å². The number of nitrogens with zero attached hydrogens (tertiary/aromatic N) is 1. The van der Waals surface area contributed by atoms with Crippen LogP contribution in [0.5, 0.6) is 0 Å². The van der Waals surface area contributed by atoms with E-state index in [1.807, 2.05) is 43.3 Å². The lowest BCUT2D eigenvalue weighted by Gasteiger charge is -2.09. The molecule has 1 rings (SSSR count). The Hall–Kier alpha value is -1.55. The quantitative estimate of drug-likeness (QED) is 0.724. The van der Waals surface area contributed by atoms with Gasteiger partial charge in [-0.1, -0.05) is 12.1 Å². The molecule has 0 spiro atoms. The largest absolute Gasteiger partial charge is 0.399 e. The first-order valence-corrected chi connectivity index (χ1v) is 5.34. The Labute approximate surface area is 96.4 Å². The van der Waals surface area contributed by atoms with Crippen molar-refractivity contribution in [3.05, 3.63) is 29.8 Å². The Bertz CT molecular complexity index is 333. The molecule has 1 aromatic carbocycles. The summed E-state index contributed by atoms with van der Waals surface area (Å²) in [6, 6.07) is 7.51. The fourth-order valence-corrected chi connectivity index (χ4v) is 1.25. The average molecular weight is 221 g/mol. The summed E-state index contributed by atoms with van der Waals surface area (Å²) in [5.41, 5.74) is 7.37. The zero-order chi connectivity index (χ0) is 12.0. The van der Waals surface area contributed by atoms with Gasteiger partial charge >= 0.3 is 0 Å². The summed E-state index contributed by atoms with van der Waals surface area (Å²) in [4.78, 5) is 13.4. The van der Waals surface area contributed by atoms with Crippen molar-refractivity contribution in [3.8, 4) is 0 Å². The fourth-order valence-electron chi connectivity index (χ4n) is 1.25. The van der Waals surface area contributed by atoms with Gasteiger partial charge in [-0.2, -0.15) is 0 Å². The van der Waals surface area contributed by atoms with Crippen LogP contribution in [0.1, 0.15) is 12.0 Å². The van der Waals surface area contributed by atoms with Gasteiger partial charge in [0.1, 0.15) is 0 Å². The SMILES string of the molecule is CN(C)CCC(=O)NCc1ccc(N)cc1. The number of hydrogen-bond donors (Lipinski definition) is 2. The minimum atomic E-state index is 0.0746. The second-order valence-corrected chi connectivity index (χ2v) is 4.07. The highest BCUT2D eigenvalue weighted by atomic mass is 16.1. The highest BCUT2D eigenvalue weighted by Gasteiger charge is 2.01. The third-order valence-electron chi connectivity index (χ3n) is 2.26. The normalized spacial score (nSPS) is 10.4. The van der Waals surface area contributed by atoms with Crippen LogP contribution < -0.4 is 11.1 Å². The highest BCUT2D eigenvalue weighted by Crippen LogP contribution is 2.04. The molecule has 0 aliphatic rings. The lowest BCUT2D eigenvalue weighted by atomic mass is 10.2. The summed E-state index contributed by atoms with van der Waals surface area (Å²) >= 11 is 0. The van der Waals surface area contributed by atoms with E-state index < -0.39 is 0 Å². The molecular weight excluding hydrogens is 202 g/mol. The van der Waals surface area contributed by atoms with Gasteiger partial charge in [-0.15, -0.1) is 0 Å². The number of carbonyl (C=O) groups is 1. The predicted molar refractivity (Wildman–Crippen MR) is 65.9 cm³/mol. The second-order valence-electron chi connectivity index (χ2n) is 4.07. The molecule has 0 aromatic heterocycles. The lowest BCUT2D eigenvalue weighted by Crippen LogP contribution is -2.26. The average Bonchev–Trinajstić information content (AvgIpc) is 2.25. The zero-order valence-electron chi connectivity index (χ0n) is 9.86. The Morgan fingerprint density at radius 1 is 1.31 bits per heavy atom. The molecule has 0 heterocycles. The number of nitrogens with one attached hydrogen (secondary N) is 1. The van der Waals surface area contributed by atoms with E-state index in [-0.39, 0.29) is 5.91 Å². The van der Waals surface area contributed by atoms with E-state index in [4.69, 9.17) is 5.73 Å². The number of nitrogens with two attached hydrogens (primary N) is 1. The van der Waals surface area contributed by atoms with Crippen LogP contribution in [0.15, 0.2) is 24.3 Å². The Morgan fingerprint density at radius 3 is 2.50 bits per heavy atom. The summed E-state index contributed by atoms with van der Waals surface area (Å²) in [6.07, 6.45) is 0.530. The highest BCUT2D eigenvalue weighted by molar-refractivity contribution is 5.76. The third-order valence-corrected chi connectivity index (χ3v) is 2.26. The van der Waals surface area contributed by atoms with Crippen molar-refractivity contribution in [2.75, 3.05) is 26.4 Å². The number of benzene rings is 1. The minimum absolute atomic E-state index is 0.0746. The van der Waals surface area contributed by atoms with E-state index in [1.165, 1.54) is 0 Å². The first-order valence-electron chi connectivity index (χ1n) is 5.34. The van der Waals surface area contributed by atoms with Gasteiger partial charge < -0.3 is 16.0 Å². The predicted octanol–water partition coefficient (Wildman–Crippen LogP) is 0.837. The minimum Gasteiger partial charge on any atom is -0.399 e. The molecule has 0 aliphatic heterocycles. The van der Waals surface area contributed by atoms with Gasteiger partial charge in [-0.25, -0.2) is 0 Å². The van der Waals surface area contributed by atoms with Crippen LogP contribution in [0.25, 0.3) is 0 Å². The number of amides is 1. The van der Waals surface area contributed by atoms with Crippen LogP contribution in [0.4, 0.5) is 5.69 Å².